The molecule has 1 aromatic rings. The maximum absolute atomic E-state index is 3.97. The average molecular weight is 155 g/mol. The van der Waals surface area contributed by atoms with Gasteiger partial charge in [0, 0.05) is 0 Å². The first-order chi connectivity index (χ1) is 5.86. The van der Waals surface area contributed by atoms with Crippen LogP contribution < -0.4 is 0 Å². The van der Waals surface area contributed by atoms with Crippen LogP contribution >= 0.6 is 0 Å². The van der Waals surface area contributed by atoms with Gasteiger partial charge in [0.05, 0.1) is 0 Å². The number of rotatable bonds is 0. The van der Waals surface area contributed by atoms with Crippen molar-refractivity contribution < 1.29 is 0 Å². The molecule has 0 unspecified atom stereocenters. The van der Waals surface area contributed by atoms with Crippen LogP contribution in [0.15, 0.2) is 42.0 Å². The molecule has 0 saturated carbocycles. The van der Waals surface area contributed by atoms with E-state index in [2.05, 4.69) is 49.4 Å². The molecule has 0 saturated heterocycles. The van der Waals surface area contributed by atoms with Gasteiger partial charge in [0.1, 0.15) is 0 Å². The summed E-state index contributed by atoms with van der Waals surface area (Å²) < 4.78 is 0. The topological polar surface area (TPSA) is 0 Å². The number of allylic oxidation sites excluding steroid dienone is 3. The van der Waals surface area contributed by atoms with Crippen molar-refractivity contribution >= 4 is 6.08 Å². The Morgan fingerprint density at radius 3 is 2.92 bits per heavy atom. The molecule has 12 heavy (non-hydrogen) atoms. The predicted octanol–water partition coefficient (Wildman–Crippen LogP) is 3.02. The fraction of sp³-hybridized carbons (Fsp3) is 0.0833. The number of benzene rings is 1. The molecule has 0 aliphatic heterocycles. The number of fused-ring (bicyclic) bond motifs is 1. The lowest BCUT2D eigenvalue weighted by molar-refractivity contribution is 1.20. The van der Waals surface area contributed by atoms with Gasteiger partial charge < -0.3 is 0 Å². The highest BCUT2D eigenvalue weighted by Gasteiger charge is 2.01. The van der Waals surface area contributed by atoms with Gasteiger partial charge >= 0.3 is 0 Å². The van der Waals surface area contributed by atoms with E-state index < -0.39 is 0 Å². The highest BCUT2D eigenvalue weighted by Crippen LogP contribution is 2.17. The minimum Gasteiger partial charge on any atom is -0.0655 e. The van der Waals surface area contributed by atoms with Crippen molar-refractivity contribution in [2.24, 2.45) is 0 Å². The summed E-state index contributed by atoms with van der Waals surface area (Å²) in [6, 6.07) is 8.44. The van der Waals surface area contributed by atoms with E-state index in [1.54, 1.807) is 0 Å². The van der Waals surface area contributed by atoms with Crippen LogP contribution in [0.25, 0.3) is 6.08 Å². The zero-order chi connectivity index (χ0) is 8.39. The Kier molecular flexibility index (Phi) is 1.83. The summed E-state index contributed by atoms with van der Waals surface area (Å²) in [4.78, 5) is 0. The minimum absolute atomic E-state index is 0.975. The molecular weight excluding hydrogens is 144 g/mol. The molecule has 0 heterocycles. The van der Waals surface area contributed by atoms with E-state index in [0.29, 0.717) is 0 Å². The molecule has 0 amide bonds. The van der Waals surface area contributed by atoms with E-state index in [1.807, 2.05) is 0 Å². The highest BCUT2D eigenvalue weighted by molar-refractivity contribution is 5.58. The second kappa shape index (κ2) is 2.98. The third-order valence-corrected chi connectivity index (χ3v) is 2.08. The summed E-state index contributed by atoms with van der Waals surface area (Å²) in [5.74, 6) is 0. The zero-order valence-electron chi connectivity index (χ0n) is 6.96. The Bertz CT molecular complexity index is 343. The van der Waals surface area contributed by atoms with E-state index in [4.69, 9.17) is 0 Å². The summed E-state index contributed by atoms with van der Waals surface area (Å²) in [5, 5.41) is 0. The van der Waals surface area contributed by atoms with E-state index in [0.717, 1.165) is 6.42 Å². The largest absolute Gasteiger partial charge is 0.0655 e. The molecule has 1 aliphatic carbocycles. The summed E-state index contributed by atoms with van der Waals surface area (Å²) in [5.41, 5.74) is 3.86. The second-order valence-corrected chi connectivity index (χ2v) is 3.06. The quantitative estimate of drug-likeness (QED) is 0.540. The van der Waals surface area contributed by atoms with Crippen molar-refractivity contribution in [2.45, 2.75) is 6.42 Å². The van der Waals surface area contributed by atoms with Crippen LogP contribution in [-0.2, 0) is 6.42 Å². The van der Waals surface area contributed by atoms with Crippen LogP contribution in [0.2, 0.25) is 0 Å². The van der Waals surface area contributed by atoms with Crippen LogP contribution in [0.3, 0.4) is 0 Å². The van der Waals surface area contributed by atoms with Gasteiger partial charge in [-0.05, 0) is 24.5 Å². The SMILES string of the molecule is [CH2]C1=CC=Cc2ccccc2C1. The van der Waals surface area contributed by atoms with Gasteiger partial charge in [-0.15, -0.1) is 0 Å². The van der Waals surface area contributed by atoms with Crippen molar-refractivity contribution in [1.82, 2.24) is 0 Å². The monoisotopic (exact) mass is 155 g/mol. The van der Waals surface area contributed by atoms with Gasteiger partial charge in [-0.2, -0.15) is 0 Å². The fourth-order valence-corrected chi connectivity index (χ4v) is 1.45. The first-order valence-corrected chi connectivity index (χ1v) is 4.13. The van der Waals surface area contributed by atoms with Crippen LogP contribution in [0.4, 0.5) is 0 Å². The molecule has 1 radical (unpaired) electrons. The van der Waals surface area contributed by atoms with Crippen molar-refractivity contribution in [3.8, 4) is 0 Å². The van der Waals surface area contributed by atoms with Crippen LogP contribution in [0.1, 0.15) is 11.1 Å². The lowest BCUT2D eigenvalue weighted by Crippen LogP contribution is -1.88. The van der Waals surface area contributed by atoms with Crippen LogP contribution in [0, 0.1) is 6.92 Å². The molecule has 1 aliphatic rings. The Balaban J connectivity index is 2.49. The van der Waals surface area contributed by atoms with Crippen molar-refractivity contribution in [2.75, 3.05) is 0 Å². The summed E-state index contributed by atoms with van der Waals surface area (Å²) in [6.45, 7) is 3.97. The molecule has 59 valence electrons. The van der Waals surface area contributed by atoms with E-state index in [-0.39, 0.29) is 0 Å². The van der Waals surface area contributed by atoms with E-state index >= 15 is 0 Å². The number of hydrogen-bond acceptors (Lipinski definition) is 0. The normalized spacial score (nSPS) is 14.9. The molecule has 0 heteroatoms. The maximum atomic E-state index is 3.97. The molecule has 0 bridgehead atoms. The Hall–Kier alpha value is -1.30. The lowest BCUT2D eigenvalue weighted by Gasteiger charge is -2.02. The summed E-state index contributed by atoms with van der Waals surface area (Å²) in [7, 11) is 0. The van der Waals surface area contributed by atoms with Gasteiger partial charge in [0.25, 0.3) is 0 Å². The van der Waals surface area contributed by atoms with Gasteiger partial charge in [-0.25, -0.2) is 0 Å². The third kappa shape index (κ3) is 1.33. The Morgan fingerprint density at radius 1 is 1.17 bits per heavy atom. The average Bonchev–Trinajstić information content (AvgIpc) is 2.25. The van der Waals surface area contributed by atoms with E-state index in [1.165, 1.54) is 16.7 Å². The lowest BCUT2D eigenvalue weighted by atomic mass is 10.0. The van der Waals surface area contributed by atoms with Crippen molar-refractivity contribution in [3.63, 3.8) is 0 Å². The molecule has 1 aromatic carbocycles. The number of hydrogen-bond donors (Lipinski definition) is 0. The Labute approximate surface area is 73.2 Å². The fourth-order valence-electron chi connectivity index (χ4n) is 1.45. The van der Waals surface area contributed by atoms with Gasteiger partial charge in [-0.1, -0.05) is 48.1 Å². The third-order valence-electron chi connectivity index (χ3n) is 2.08. The zero-order valence-corrected chi connectivity index (χ0v) is 6.96. The molecular formula is C12H11. The van der Waals surface area contributed by atoms with E-state index in [9.17, 15) is 0 Å². The van der Waals surface area contributed by atoms with Gasteiger partial charge in [0.2, 0.25) is 0 Å². The van der Waals surface area contributed by atoms with Gasteiger partial charge in [0.15, 0.2) is 0 Å². The second-order valence-electron chi connectivity index (χ2n) is 3.06. The molecule has 0 N–H and O–H groups in total. The first-order valence-electron chi connectivity index (χ1n) is 4.13. The predicted molar refractivity (Wildman–Crippen MR) is 52.6 cm³/mol. The maximum Gasteiger partial charge on any atom is -0.00579 e. The standard InChI is InChI=1S/C12H11/c1-10-5-4-8-11-6-2-3-7-12(11)9-10/h2-8H,1,9H2. The van der Waals surface area contributed by atoms with Crippen LogP contribution in [-0.4, -0.2) is 0 Å². The molecule has 0 atom stereocenters. The first kappa shape index (κ1) is 7.35. The molecule has 0 fully saturated rings. The summed E-state index contributed by atoms with van der Waals surface area (Å²) >= 11 is 0. The van der Waals surface area contributed by atoms with Crippen LogP contribution in [0.5, 0.6) is 0 Å². The molecule has 0 spiro atoms. The van der Waals surface area contributed by atoms with Gasteiger partial charge in [-0.3, -0.25) is 0 Å². The van der Waals surface area contributed by atoms with Crippen molar-refractivity contribution in [3.05, 3.63) is 60.0 Å². The highest BCUT2D eigenvalue weighted by atomic mass is 14.1. The van der Waals surface area contributed by atoms with Crippen molar-refractivity contribution in [1.29, 1.82) is 0 Å². The smallest absolute Gasteiger partial charge is 0.00579 e. The minimum atomic E-state index is 0.975. The summed E-state index contributed by atoms with van der Waals surface area (Å²) in [6.07, 6.45) is 7.24. The molecule has 0 nitrogen and oxygen atoms in total. The Morgan fingerprint density at radius 2 is 2.00 bits per heavy atom. The molecule has 0 aromatic heterocycles. The molecule has 2 rings (SSSR count).